The molecule has 0 radical (unpaired) electrons. The Labute approximate surface area is 218 Å². The SMILES string of the molecule is COc1ccc(OCCCOc2ccc(C=C(C#N)C(=O)Nc3nc(S(C)(=O)=O)ns3)cc2OC)cc1. The highest BCUT2D eigenvalue weighted by Crippen LogP contribution is 2.29. The minimum Gasteiger partial charge on any atom is -0.497 e. The van der Waals surface area contributed by atoms with Crippen LogP contribution >= 0.6 is 11.5 Å². The van der Waals surface area contributed by atoms with Gasteiger partial charge in [-0.3, -0.25) is 10.1 Å². The first-order valence-electron chi connectivity index (χ1n) is 10.8. The van der Waals surface area contributed by atoms with Gasteiger partial charge in [-0.15, -0.1) is 0 Å². The van der Waals surface area contributed by atoms with Crippen molar-refractivity contribution in [2.75, 3.05) is 39.0 Å². The molecule has 0 aliphatic carbocycles. The number of rotatable bonds is 12. The molecule has 0 saturated carbocycles. The summed E-state index contributed by atoms with van der Waals surface area (Å²) in [4.78, 5) is 16.2. The molecule has 0 aliphatic rings. The van der Waals surface area contributed by atoms with Gasteiger partial charge in [-0.2, -0.15) is 14.6 Å². The minimum absolute atomic E-state index is 0.0381. The lowest BCUT2D eigenvalue weighted by Crippen LogP contribution is -2.13. The Bertz CT molecular complexity index is 1410. The quantitative estimate of drug-likeness (QED) is 0.204. The molecule has 2 aromatic carbocycles. The van der Waals surface area contributed by atoms with Gasteiger partial charge in [0, 0.05) is 24.2 Å². The predicted octanol–water partition coefficient (Wildman–Crippen LogP) is 3.35. The van der Waals surface area contributed by atoms with Crippen LogP contribution in [0.4, 0.5) is 5.13 Å². The molecular formula is C24H24N4O7S2. The maximum atomic E-state index is 12.5. The number of anilines is 1. The van der Waals surface area contributed by atoms with Crippen LogP contribution in [0.15, 0.2) is 53.2 Å². The number of amides is 1. The van der Waals surface area contributed by atoms with Crippen LogP contribution < -0.4 is 24.3 Å². The normalized spacial score (nSPS) is 11.4. The summed E-state index contributed by atoms with van der Waals surface area (Å²) >= 11 is 0.699. The maximum absolute atomic E-state index is 12.5. The van der Waals surface area contributed by atoms with E-state index in [2.05, 4.69) is 14.7 Å². The molecule has 0 bridgehead atoms. The number of hydrogen-bond donors (Lipinski definition) is 1. The van der Waals surface area contributed by atoms with Crippen molar-refractivity contribution in [2.24, 2.45) is 0 Å². The lowest BCUT2D eigenvalue weighted by Gasteiger charge is -2.12. The molecule has 194 valence electrons. The van der Waals surface area contributed by atoms with E-state index < -0.39 is 20.9 Å². The van der Waals surface area contributed by atoms with Crippen LogP contribution in [0.25, 0.3) is 6.08 Å². The summed E-state index contributed by atoms with van der Waals surface area (Å²) in [6.07, 6.45) is 2.95. The van der Waals surface area contributed by atoms with Gasteiger partial charge in [0.25, 0.3) is 11.1 Å². The second kappa shape index (κ2) is 12.7. The van der Waals surface area contributed by atoms with Crippen LogP contribution in [0, 0.1) is 11.3 Å². The van der Waals surface area contributed by atoms with E-state index in [-0.39, 0.29) is 10.7 Å². The highest BCUT2D eigenvalue weighted by Gasteiger charge is 2.17. The van der Waals surface area contributed by atoms with Crippen molar-refractivity contribution in [1.82, 2.24) is 9.36 Å². The van der Waals surface area contributed by atoms with Gasteiger partial charge < -0.3 is 18.9 Å². The molecule has 1 N–H and O–H groups in total. The molecule has 0 aliphatic heterocycles. The third-order valence-corrected chi connectivity index (χ3v) is 6.29. The Morgan fingerprint density at radius 1 is 1.05 bits per heavy atom. The summed E-state index contributed by atoms with van der Waals surface area (Å²) in [5.41, 5.74) is 0.301. The van der Waals surface area contributed by atoms with Crippen molar-refractivity contribution in [3.8, 4) is 29.1 Å². The Morgan fingerprint density at radius 3 is 2.38 bits per heavy atom. The molecule has 0 fully saturated rings. The number of carbonyl (C=O) groups is 1. The Morgan fingerprint density at radius 2 is 1.76 bits per heavy atom. The Hall–Kier alpha value is -4.15. The predicted molar refractivity (Wildman–Crippen MR) is 137 cm³/mol. The number of aromatic nitrogens is 2. The number of ether oxygens (including phenoxy) is 4. The van der Waals surface area contributed by atoms with Crippen molar-refractivity contribution in [2.45, 2.75) is 11.6 Å². The third kappa shape index (κ3) is 7.92. The molecule has 3 rings (SSSR count). The number of nitrogens with zero attached hydrogens (tertiary/aromatic N) is 3. The summed E-state index contributed by atoms with van der Waals surface area (Å²) in [5.74, 6) is 1.64. The van der Waals surface area contributed by atoms with Gasteiger partial charge in [0.15, 0.2) is 11.5 Å². The molecule has 13 heteroatoms. The summed E-state index contributed by atoms with van der Waals surface area (Å²) in [6, 6.07) is 14.1. The average molecular weight is 545 g/mol. The van der Waals surface area contributed by atoms with Crippen LogP contribution in [0.5, 0.6) is 23.0 Å². The number of nitrogens with one attached hydrogen (secondary N) is 1. The highest BCUT2D eigenvalue weighted by molar-refractivity contribution is 7.90. The second-order valence-electron chi connectivity index (χ2n) is 7.41. The topological polar surface area (TPSA) is 150 Å². The molecule has 0 spiro atoms. The molecule has 1 heterocycles. The van der Waals surface area contributed by atoms with Crippen LogP contribution in [0.3, 0.4) is 0 Å². The van der Waals surface area contributed by atoms with Gasteiger partial charge in [0.05, 0.1) is 27.4 Å². The van der Waals surface area contributed by atoms with Crippen molar-refractivity contribution < 1.29 is 32.2 Å². The summed E-state index contributed by atoms with van der Waals surface area (Å²) in [6.45, 7) is 0.835. The van der Waals surface area contributed by atoms with E-state index in [4.69, 9.17) is 18.9 Å². The zero-order valence-corrected chi connectivity index (χ0v) is 21.9. The van der Waals surface area contributed by atoms with E-state index in [0.717, 1.165) is 17.8 Å². The number of benzene rings is 2. The first kappa shape index (κ1) is 27.4. The van der Waals surface area contributed by atoms with Crippen molar-refractivity contribution in [1.29, 1.82) is 5.26 Å². The second-order valence-corrected chi connectivity index (χ2v) is 10.1. The molecule has 1 aromatic heterocycles. The smallest absolute Gasteiger partial charge is 0.268 e. The molecular weight excluding hydrogens is 520 g/mol. The van der Waals surface area contributed by atoms with Crippen LogP contribution in [0.2, 0.25) is 0 Å². The monoisotopic (exact) mass is 544 g/mol. The van der Waals surface area contributed by atoms with Gasteiger partial charge in [-0.1, -0.05) is 6.07 Å². The highest BCUT2D eigenvalue weighted by atomic mass is 32.2. The van der Waals surface area contributed by atoms with E-state index in [1.54, 1.807) is 25.3 Å². The molecule has 0 atom stereocenters. The summed E-state index contributed by atoms with van der Waals surface area (Å²) in [7, 11) is -0.526. The lowest BCUT2D eigenvalue weighted by atomic mass is 10.1. The fourth-order valence-corrected chi connectivity index (χ4v) is 4.33. The lowest BCUT2D eigenvalue weighted by molar-refractivity contribution is -0.112. The molecule has 37 heavy (non-hydrogen) atoms. The van der Waals surface area contributed by atoms with Gasteiger partial charge in [0.1, 0.15) is 23.1 Å². The standard InChI is InChI=1S/C24H24N4O7S2/c1-32-18-6-8-19(9-7-18)34-11-4-12-35-20-10-5-16(14-21(20)33-2)13-17(15-25)22(29)26-23-27-24(28-36-23)37(3,30)31/h5-10,13-14H,4,11-12H2,1-3H3,(H,26,27,28,29). The third-order valence-electron chi connectivity index (χ3n) is 4.70. The van der Waals surface area contributed by atoms with Crippen LogP contribution in [0.1, 0.15) is 12.0 Å². The van der Waals surface area contributed by atoms with E-state index >= 15 is 0 Å². The zero-order chi connectivity index (χ0) is 26.8. The van der Waals surface area contributed by atoms with Crippen molar-refractivity contribution in [3.05, 3.63) is 53.6 Å². The molecule has 1 amide bonds. The van der Waals surface area contributed by atoms with E-state index in [0.29, 0.717) is 48.2 Å². The number of nitriles is 1. The van der Waals surface area contributed by atoms with E-state index in [1.807, 2.05) is 30.3 Å². The first-order chi connectivity index (χ1) is 17.7. The van der Waals surface area contributed by atoms with Crippen molar-refractivity contribution in [3.63, 3.8) is 0 Å². The molecule has 0 saturated heterocycles. The summed E-state index contributed by atoms with van der Waals surface area (Å²) < 4.78 is 48.7. The van der Waals surface area contributed by atoms with Gasteiger partial charge in [-0.25, -0.2) is 8.42 Å². The maximum Gasteiger partial charge on any atom is 0.268 e. The van der Waals surface area contributed by atoms with Crippen LogP contribution in [-0.2, 0) is 14.6 Å². The largest absolute Gasteiger partial charge is 0.497 e. The average Bonchev–Trinajstić information content (AvgIpc) is 3.37. The van der Waals surface area contributed by atoms with Crippen molar-refractivity contribution >= 4 is 38.5 Å². The zero-order valence-electron chi connectivity index (χ0n) is 20.3. The minimum atomic E-state index is -3.61. The fourth-order valence-electron chi connectivity index (χ4n) is 2.89. The Kier molecular flexibility index (Phi) is 9.42. The molecule has 11 nitrogen and oxygen atoms in total. The number of sulfone groups is 1. The number of hydrogen-bond acceptors (Lipinski definition) is 11. The molecule has 3 aromatic rings. The van der Waals surface area contributed by atoms with E-state index in [1.165, 1.54) is 13.2 Å². The fraction of sp³-hybridized carbons (Fsp3) is 0.250. The molecule has 0 unspecified atom stereocenters. The first-order valence-corrected chi connectivity index (χ1v) is 13.4. The van der Waals surface area contributed by atoms with Crippen LogP contribution in [-0.4, -0.2) is 57.4 Å². The van der Waals surface area contributed by atoms with Gasteiger partial charge in [0.2, 0.25) is 15.0 Å². The van der Waals surface area contributed by atoms with Gasteiger partial charge in [-0.05, 0) is 48.0 Å². The summed E-state index contributed by atoms with van der Waals surface area (Å²) in [5, 5.41) is 11.4. The Balaban J connectivity index is 1.57. The number of methoxy groups -OCH3 is 2. The van der Waals surface area contributed by atoms with E-state index in [9.17, 15) is 18.5 Å². The number of carbonyl (C=O) groups excluding carboxylic acids is 1. The van der Waals surface area contributed by atoms with Gasteiger partial charge >= 0.3 is 0 Å².